The highest BCUT2D eigenvalue weighted by atomic mass is 35.5. The van der Waals surface area contributed by atoms with Gasteiger partial charge in [0.05, 0.1) is 17.8 Å². The Morgan fingerprint density at radius 1 is 1.17 bits per heavy atom. The number of anilines is 1. The van der Waals surface area contributed by atoms with Gasteiger partial charge in [-0.25, -0.2) is 0 Å². The molecule has 1 aromatic heterocycles. The number of carbonyl (C=O) groups excluding carboxylic acids is 1. The average Bonchev–Trinajstić information content (AvgIpc) is 3.23. The summed E-state index contributed by atoms with van der Waals surface area (Å²) in [7, 11) is 0. The van der Waals surface area contributed by atoms with Crippen LogP contribution in [0.3, 0.4) is 0 Å². The van der Waals surface area contributed by atoms with Crippen LogP contribution in [0.1, 0.15) is 25.0 Å². The van der Waals surface area contributed by atoms with E-state index in [2.05, 4.69) is 5.32 Å². The lowest BCUT2D eigenvalue weighted by Crippen LogP contribution is -2.09. The standard InChI is InChI=1S/C27H23ClN2O5/c1-4-34-25-14-26-21(22(15-35-26)18-7-5-16(2)6-8-18)13-20(25)17(3)11-27(31)29-19-9-10-23(28)24(12-19)30(32)33/h5-15H,4H2,1-3H3,(H,29,31)/b17-11+. The lowest BCUT2D eigenvalue weighted by molar-refractivity contribution is -0.384. The first kappa shape index (κ1) is 24.0. The predicted molar refractivity (Wildman–Crippen MR) is 138 cm³/mol. The summed E-state index contributed by atoms with van der Waals surface area (Å²) in [4.78, 5) is 23.2. The van der Waals surface area contributed by atoms with Gasteiger partial charge in [0, 0.05) is 40.4 Å². The number of ether oxygens (including phenoxy) is 1. The quantitative estimate of drug-likeness (QED) is 0.165. The van der Waals surface area contributed by atoms with Gasteiger partial charge >= 0.3 is 0 Å². The fraction of sp³-hybridized carbons (Fsp3) is 0.148. The Morgan fingerprint density at radius 2 is 1.91 bits per heavy atom. The van der Waals surface area contributed by atoms with Crippen molar-refractivity contribution in [2.45, 2.75) is 20.8 Å². The molecule has 0 atom stereocenters. The van der Waals surface area contributed by atoms with Crippen LogP contribution in [0.25, 0.3) is 27.7 Å². The van der Waals surface area contributed by atoms with E-state index in [1.54, 1.807) is 13.2 Å². The zero-order chi connectivity index (χ0) is 25.1. The zero-order valence-corrected chi connectivity index (χ0v) is 20.2. The van der Waals surface area contributed by atoms with Crippen molar-refractivity contribution in [3.05, 3.63) is 93.2 Å². The van der Waals surface area contributed by atoms with Gasteiger partial charge in [0.15, 0.2) is 0 Å². The van der Waals surface area contributed by atoms with Crippen LogP contribution in [0.4, 0.5) is 11.4 Å². The number of hydrogen-bond donors (Lipinski definition) is 1. The molecule has 4 rings (SSSR count). The molecule has 0 fully saturated rings. The van der Waals surface area contributed by atoms with Gasteiger partial charge < -0.3 is 14.5 Å². The Labute approximate surface area is 207 Å². The predicted octanol–water partition coefficient (Wildman–Crippen LogP) is 7.41. The highest BCUT2D eigenvalue weighted by molar-refractivity contribution is 6.32. The summed E-state index contributed by atoms with van der Waals surface area (Å²) < 4.78 is 11.6. The average molecular weight is 491 g/mol. The van der Waals surface area contributed by atoms with Crippen molar-refractivity contribution < 1.29 is 18.9 Å². The van der Waals surface area contributed by atoms with Gasteiger partial charge in [0.2, 0.25) is 5.91 Å². The second-order valence-electron chi connectivity index (χ2n) is 8.03. The van der Waals surface area contributed by atoms with Crippen LogP contribution in [-0.4, -0.2) is 17.4 Å². The molecule has 0 aliphatic rings. The third-order valence-electron chi connectivity index (χ3n) is 5.52. The lowest BCUT2D eigenvalue weighted by atomic mass is 9.98. The van der Waals surface area contributed by atoms with Crippen molar-refractivity contribution in [2.24, 2.45) is 0 Å². The summed E-state index contributed by atoms with van der Waals surface area (Å²) in [5.41, 5.74) is 5.20. The number of fused-ring (bicyclic) bond motifs is 1. The number of rotatable bonds is 7. The third-order valence-corrected chi connectivity index (χ3v) is 5.84. The summed E-state index contributed by atoms with van der Waals surface area (Å²) in [6, 6.07) is 16.0. The number of nitro groups is 1. The number of nitrogens with one attached hydrogen (secondary N) is 1. The highest BCUT2D eigenvalue weighted by Gasteiger charge is 2.16. The Kier molecular flexibility index (Phi) is 6.89. The van der Waals surface area contributed by atoms with Crippen LogP contribution in [0.2, 0.25) is 5.02 Å². The first-order valence-electron chi connectivity index (χ1n) is 11.0. The second kappa shape index (κ2) is 10.0. The molecule has 178 valence electrons. The molecule has 8 heteroatoms. The number of amides is 1. The van der Waals surface area contributed by atoms with Crippen LogP contribution in [0.5, 0.6) is 5.75 Å². The number of furan rings is 1. The van der Waals surface area contributed by atoms with E-state index >= 15 is 0 Å². The number of allylic oxidation sites excluding steroid dienone is 1. The van der Waals surface area contributed by atoms with E-state index in [4.69, 9.17) is 20.8 Å². The van der Waals surface area contributed by atoms with E-state index in [-0.39, 0.29) is 16.4 Å². The molecule has 0 aliphatic heterocycles. The summed E-state index contributed by atoms with van der Waals surface area (Å²) in [5.74, 6) is 0.154. The fourth-order valence-electron chi connectivity index (χ4n) is 3.78. The Hall–Kier alpha value is -4.10. The summed E-state index contributed by atoms with van der Waals surface area (Å²) in [5, 5.41) is 14.7. The first-order valence-corrected chi connectivity index (χ1v) is 11.3. The second-order valence-corrected chi connectivity index (χ2v) is 8.44. The van der Waals surface area contributed by atoms with Crippen LogP contribution in [0, 0.1) is 17.0 Å². The first-order chi connectivity index (χ1) is 16.8. The van der Waals surface area contributed by atoms with Crippen LogP contribution >= 0.6 is 11.6 Å². The minimum absolute atomic E-state index is 0.00104. The summed E-state index contributed by atoms with van der Waals surface area (Å²) in [6.45, 7) is 6.16. The summed E-state index contributed by atoms with van der Waals surface area (Å²) in [6.07, 6.45) is 3.14. The number of carbonyl (C=O) groups is 1. The van der Waals surface area contributed by atoms with Crippen LogP contribution < -0.4 is 10.1 Å². The fourth-order valence-corrected chi connectivity index (χ4v) is 3.96. The molecular weight excluding hydrogens is 468 g/mol. The molecule has 1 heterocycles. The molecule has 1 amide bonds. The number of halogens is 1. The maximum absolute atomic E-state index is 12.7. The van der Waals surface area contributed by atoms with Gasteiger partial charge in [-0.3, -0.25) is 14.9 Å². The molecule has 35 heavy (non-hydrogen) atoms. The van der Waals surface area contributed by atoms with Crippen molar-refractivity contribution in [1.82, 2.24) is 0 Å². The van der Waals surface area contributed by atoms with Gasteiger partial charge in [0.1, 0.15) is 16.4 Å². The SMILES string of the molecule is CCOc1cc2occ(-c3ccc(C)cc3)c2cc1/C(C)=C/C(=O)Nc1ccc(Cl)c([N+](=O)[O-])c1. The van der Waals surface area contributed by atoms with Crippen LogP contribution in [0.15, 0.2) is 71.4 Å². The molecule has 0 aliphatic carbocycles. The number of nitrogens with zero attached hydrogens (tertiary/aromatic N) is 1. The smallest absolute Gasteiger partial charge is 0.289 e. The zero-order valence-electron chi connectivity index (χ0n) is 19.4. The van der Waals surface area contributed by atoms with E-state index in [1.165, 1.54) is 24.3 Å². The van der Waals surface area contributed by atoms with Crippen molar-refractivity contribution in [1.29, 1.82) is 0 Å². The van der Waals surface area contributed by atoms with Gasteiger partial charge in [-0.05, 0) is 50.1 Å². The molecular formula is C27H23ClN2O5. The number of benzene rings is 3. The topological polar surface area (TPSA) is 94.6 Å². The largest absolute Gasteiger partial charge is 0.493 e. The molecule has 0 saturated carbocycles. The van der Waals surface area contributed by atoms with Crippen molar-refractivity contribution >= 4 is 45.4 Å². The molecule has 0 unspecified atom stereocenters. The number of hydrogen-bond acceptors (Lipinski definition) is 5. The Morgan fingerprint density at radius 3 is 2.60 bits per heavy atom. The lowest BCUT2D eigenvalue weighted by Gasteiger charge is -2.12. The van der Waals surface area contributed by atoms with Gasteiger partial charge in [0.25, 0.3) is 5.69 Å². The molecule has 1 N–H and O–H groups in total. The minimum atomic E-state index is -0.598. The van der Waals surface area contributed by atoms with E-state index < -0.39 is 10.8 Å². The molecule has 7 nitrogen and oxygen atoms in total. The Balaban J connectivity index is 1.70. The minimum Gasteiger partial charge on any atom is -0.493 e. The van der Waals surface area contributed by atoms with Crippen molar-refractivity contribution in [3.8, 4) is 16.9 Å². The normalized spacial score (nSPS) is 11.5. The van der Waals surface area contributed by atoms with E-state index in [9.17, 15) is 14.9 Å². The van der Waals surface area contributed by atoms with E-state index in [1.807, 2.05) is 50.2 Å². The number of nitro benzene ring substituents is 1. The van der Waals surface area contributed by atoms with Crippen LogP contribution in [-0.2, 0) is 4.79 Å². The summed E-state index contributed by atoms with van der Waals surface area (Å²) >= 11 is 5.85. The number of aryl methyl sites for hydroxylation is 1. The highest BCUT2D eigenvalue weighted by Crippen LogP contribution is 2.37. The Bertz CT molecular complexity index is 1450. The van der Waals surface area contributed by atoms with Gasteiger partial charge in [-0.2, -0.15) is 0 Å². The van der Waals surface area contributed by atoms with E-state index in [0.717, 1.165) is 27.6 Å². The maximum Gasteiger partial charge on any atom is 0.289 e. The molecule has 0 bridgehead atoms. The monoisotopic (exact) mass is 490 g/mol. The third kappa shape index (κ3) is 5.20. The molecule has 0 radical (unpaired) electrons. The van der Waals surface area contributed by atoms with E-state index in [0.29, 0.717) is 23.5 Å². The van der Waals surface area contributed by atoms with Gasteiger partial charge in [-0.1, -0.05) is 41.4 Å². The molecule has 4 aromatic rings. The van der Waals surface area contributed by atoms with Crippen molar-refractivity contribution in [2.75, 3.05) is 11.9 Å². The maximum atomic E-state index is 12.7. The molecule has 3 aromatic carbocycles. The molecule has 0 saturated heterocycles. The van der Waals surface area contributed by atoms with Gasteiger partial charge in [-0.15, -0.1) is 0 Å². The van der Waals surface area contributed by atoms with Crippen molar-refractivity contribution in [3.63, 3.8) is 0 Å². The molecule has 0 spiro atoms.